The van der Waals surface area contributed by atoms with Crippen LogP contribution in [0.25, 0.3) is 0 Å². The summed E-state index contributed by atoms with van der Waals surface area (Å²) in [6.45, 7) is 0. The first kappa shape index (κ1) is 11.7. The van der Waals surface area contributed by atoms with E-state index < -0.39 is 0 Å². The average Bonchev–Trinajstić information content (AvgIpc) is 2.55. The third-order valence-corrected chi connectivity index (χ3v) is 4.14. The lowest BCUT2D eigenvalue weighted by atomic mass is 9.87. The number of halogens is 1. The molecule has 0 saturated heterocycles. The number of carbonyl (C=O) groups excluding carboxylic acids is 1. The summed E-state index contributed by atoms with van der Waals surface area (Å²) in [5.74, 6) is -0.220. The molecule has 1 unspecified atom stereocenters. The van der Waals surface area contributed by atoms with Gasteiger partial charge >= 0.3 is 0 Å². The van der Waals surface area contributed by atoms with Crippen molar-refractivity contribution in [3.63, 3.8) is 0 Å². The molecule has 1 aliphatic heterocycles. The van der Waals surface area contributed by atoms with Gasteiger partial charge in [0.15, 0.2) is 0 Å². The molecule has 0 aromatic heterocycles. The summed E-state index contributed by atoms with van der Waals surface area (Å²) < 4.78 is 0. The Balaban J connectivity index is 2.06. The number of hydrogen-bond donors (Lipinski definition) is 1. The fourth-order valence-corrected chi connectivity index (χ4v) is 3.22. The highest BCUT2D eigenvalue weighted by Crippen LogP contribution is 2.44. The number of amides is 1. The number of carbonyl (C=O) groups is 1. The van der Waals surface area contributed by atoms with Crippen molar-refractivity contribution in [1.82, 2.24) is 0 Å². The normalized spacial score (nSPS) is 25.9. The van der Waals surface area contributed by atoms with Crippen molar-refractivity contribution in [2.75, 3.05) is 0 Å². The second-order valence-electron chi connectivity index (χ2n) is 5.03. The highest BCUT2D eigenvalue weighted by atomic mass is 35.5. The Labute approximate surface area is 111 Å². The first-order valence-corrected chi connectivity index (χ1v) is 6.72. The van der Waals surface area contributed by atoms with E-state index in [1.54, 1.807) is 0 Å². The summed E-state index contributed by atoms with van der Waals surface area (Å²) in [5, 5.41) is 0.727. The van der Waals surface area contributed by atoms with Gasteiger partial charge < -0.3 is 5.73 Å². The van der Waals surface area contributed by atoms with E-state index in [1.807, 2.05) is 18.2 Å². The standard InChI is InChI=1S/C14H15ClN2O/c15-8-5-6-12-11(7-8)9-3-1-2-4-10(14(16)18)13(9)17-12/h5-7,9-10H,1-4H2,(H2,16,18)/t9?,10-/m1/s1. The molecule has 0 spiro atoms. The quantitative estimate of drug-likeness (QED) is 0.830. The van der Waals surface area contributed by atoms with Crippen molar-refractivity contribution in [3.05, 3.63) is 28.8 Å². The Bertz CT molecular complexity index is 539. The molecule has 3 nitrogen and oxygen atoms in total. The van der Waals surface area contributed by atoms with Gasteiger partial charge in [0.25, 0.3) is 0 Å². The minimum atomic E-state index is -0.250. The van der Waals surface area contributed by atoms with Crippen LogP contribution in [0.1, 0.15) is 37.2 Å². The molecule has 18 heavy (non-hydrogen) atoms. The van der Waals surface area contributed by atoms with Crippen molar-refractivity contribution in [3.8, 4) is 0 Å². The van der Waals surface area contributed by atoms with Crippen molar-refractivity contribution in [2.45, 2.75) is 31.6 Å². The van der Waals surface area contributed by atoms with Gasteiger partial charge in [-0.05, 0) is 36.6 Å². The number of primary amides is 1. The van der Waals surface area contributed by atoms with E-state index in [2.05, 4.69) is 4.99 Å². The van der Waals surface area contributed by atoms with Crippen LogP contribution in [0.3, 0.4) is 0 Å². The Morgan fingerprint density at radius 2 is 2.11 bits per heavy atom. The molecular weight excluding hydrogens is 248 g/mol. The van der Waals surface area contributed by atoms with Gasteiger partial charge in [-0.15, -0.1) is 0 Å². The van der Waals surface area contributed by atoms with Gasteiger partial charge in [-0.2, -0.15) is 0 Å². The summed E-state index contributed by atoms with van der Waals surface area (Å²) in [4.78, 5) is 16.2. The molecule has 2 atom stereocenters. The SMILES string of the molecule is NC(=O)[C@@H]1CCCCC2C1=Nc1ccc(Cl)cc12. The molecule has 2 N–H and O–H groups in total. The van der Waals surface area contributed by atoms with E-state index >= 15 is 0 Å². The minimum absolute atomic E-state index is 0.205. The summed E-state index contributed by atoms with van der Waals surface area (Å²) in [7, 11) is 0. The molecule has 4 heteroatoms. The van der Waals surface area contributed by atoms with Crippen molar-refractivity contribution >= 4 is 28.9 Å². The zero-order chi connectivity index (χ0) is 12.7. The number of nitrogens with two attached hydrogens (primary N) is 1. The summed E-state index contributed by atoms with van der Waals surface area (Å²) in [6, 6.07) is 5.74. The lowest BCUT2D eigenvalue weighted by Gasteiger charge is -2.16. The van der Waals surface area contributed by atoms with Crippen LogP contribution in [0.15, 0.2) is 23.2 Å². The van der Waals surface area contributed by atoms with E-state index in [1.165, 1.54) is 0 Å². The van der Waals surface area contributed by atoms with Gasteiger partial charge in [-0.25, -0.2) is 0 Å². The Morgan fingerprint density at radius 1 is 1.33 bits per heavy atom. The maximum absolute atomic E-state index is 11.6. The van der Waals surface area contributed by atoms with Gasteiger partial charge in [0.2, 0.25) is 5.91 Å². The summed E-state index contributed by atoms with van der Waals surface area (Å²) in [6.07, 6.45) is 4.01. The fourth-order valence-electron chi connectivity index (χ4n) is 3.04. The van der Waals surface area contributed by atoms with Crippen LogP contribution in [0.2, 0.25) is 5.02 Å². The molecule has 3 rings (SSSR count). The van der Waals surface area contributed by atoms with E-state index in [0.717, 1.165) is 47.7 Å². The molecule has 1 heterocycles. The van der Waals surface area contributed by atoms with Crippen LogP contribution >= 0.6 is 11.6 Å². The number of benzene rings is 1. The van der Waals surface area contributed by atoms with E-state index in [-0.39, 0.29) is 17.7 Å². The highest BCUT2D eigenvalue weighted by molar-refractivity contribution is 6.30. The minimum Gasteiger partial charge on any atom is -0.369 e. The lowest BCUT2D eigenvalue weighted by Crippen LogP contribution is -2.31. The van der Waals surface area contributed by atoms with E-state index in [0.29, 0.717) is 0 Å². The molecule has 1 fully saturated rings. The monoisotopic (exact) mass is 262 g/mol. The van der Waals surface area contributed by atoms with Crippen molar-refractivity contribution in [1.29, 1.82) is 0 Å². The molecular formula is C14H15ClN2O. The van der Waals surface area contributed by atoms with Crippen LogP contribution < -0.4 is 5.73 Å². The zero-order valence-corrected chi connectivity index (χ0v) is 10.8. The van der Waals surface area contributed by atoms with Crippen LogP contribution in [0.4, 0.5) is 5.69 Å². The molecule has 2 aliphatic rings. The lowest BCUT2D eigenvalue weighted by molar-refractivity contribution is -0.120. The molecule has 1 aliphatic carbocycles. The maximum atomic E-state index is 11.6. The first-order valence-electron chi connectivity index (χ1n) is 6.34. The van der Waals surface area contributed by atoms with Crippen LogP contribution in [-0.4, -0.2) is 11.6 Å². The highest BCUT2D eigenvalue weighted by Gasteiger charge is 2.36. The molecule has 1 aromatic carbocycles. The van der Waals surface area contributed by atoms with Gasteiger partial charge in [0, 0.05) is 16.7 Å². The van der Waals surface area contributed by atoms with Crippen LogP contribution in [0, 0.1) is 5.92 Å². The number of fused-ring (bicyclic) bond motifs is 3. The second-order valence-corrected chi connectivity index (χ2v) is 5.47. The van der Waals surface area contributed by atoms with Crippen molar-refractivity contribution in [2.24, 2.45) is 16.6 Å². The molecule has 1 amide bonds. The van der Waals surface area contributed by atoms with E-state index in [4.69, 9.17) is 17.3 Å². The number of hydrogen-bond acceptors (Lipinski definition) is 2. The van der Waals surface area contributed by atoms with Gasteiger partial charge in [0.05, 0.1) is 11.6 Å². The summed E-state index contributed by atoms with van der Waals surface area (Å²) >= 11 is 6.05. The fraction of sp³-hybridized carbons (Fsp3) is 0.429. The third kappa shape index (κ3) is 1.83. The van der Waals surface area contributed by atoms with Crippen LogP contribution in [-0.2, 0) is 4.79 Å². The predicted molar refractivity (Wildman–Crippen MR) is 72.4 cm³/mol. The van der Waals surface area contributed by atoms with Gasteiger partial charge in [0.1, 0.15) is 0 Å². The second kappa shape index (κ2) is 4.39. The third-order valence-electron chi connectivity index (χ3n) is 3.91. The smallest absolute Gasteiger partial charge is 0.226 e. The molecule has 1 aromatic rings. The molecule has 1 saturated carbocycles. The largest absolute Gasteiger partial charge is 0.369 e. The average molecular weight is 263 g/mol. The van der Waals surface area contributed by atoms with Crippen LogP contribution in [0.5, 0.6) is 0 Å². The Kier molecular flexibility index (Phi) is 2.86. The molecule has 94 valence electrons. The maximum Gasteiger partial charge on any atom is 0.226 e. The molecule has 0 radical (unpaired) electrons. The zero-order valence-electron chi connectivity index (χ0n) is 10.0. The summed E-state index contributed by atoms with van der Waals surface area (Å²) in [5.41, 5.74) is 8.58. The van der Waals surface area contributed by atoms with E-state index in [9.17, 15) is 4.79 Å². The Hall–Kier alpha value is -1.35. The first-order chi connectivity index (χ1) is 8.66. The number of nitrogens with zero attached hydrogens (tertiary/aromatic N) is 1. The number of aliphatic imine (C=N–C) groups is 1. The molecule has 0 bridgehead atoms. The Morgan fingerprint density at radius 3 is 2.89 bits per heavy atom. The van der Waals surface area contributed by atoms with Crippen molar-refractivity contribution < 1.29 is 4.79 Å². The van der Waals surface area contributed by atoms with Gasteiger partial charge in [-0.1, -0.05) is 24.4 Å². The predicted octanol–water partition coefficient (Wildman–Crippen LogP) is 3.19. The number of rotatable bonds is 1. The van der Waals surface area contributed by atoms with Gasteiger partial charge in [-0.3, -0.25) is 9.79 Å². The topological polar surface area (TPSA) is 55.5 Å².